The van der Waals surface area contributed by atoms with Crippen molar-refractivity contribution in [3.63, 3.8) is 0 Å². The number of esters is 1. The SMILES string of the molecule is CCCCCCCCCCCC/C=C/C(O)C(CO)NC(=O)CCCCCCCCCCCCCCCCCCCCCCCCCCCCCCCCCCCCCCCCCOC(=O)CCCCCCCCCCCCCCCCCCCCC. The highest BCUT2D eigenvalue weighted by atomic mass is 16.5. The zero-order valence-electron chi connectivity index (χ0n) is 59.5. The van der Waals surface area contributed by atoms with E-state index in [-0.39, 0.29) is 18.5 Å². The smallest absolute Gasteiger partial charge is 0.305 e. The molecule has 6 heteroatoms. The van der Waals surface area contributed by atoms with Gasteiger partial charge in [0.05, 0.1) is 25.4 Å². The molecule has 0 aromatic rings. The number of hydrogen-bond donors (Lipinski definition) is 3. The lowest BCUT2D eigenvalue weighted by Crippen LogP contribution is -2.45. The Balaban J connectivity index is 3.26. The van der Waals surface area contributed by atoms with Crippen molar-refractivity contribution in [2.45, 2.75) is 482 Å². The molecule has 0 aliphatic rings. The predicted octanol–water partition coefficient (Wildman–Crippen LogP) is 26.7. The van der Waals surface area contributed by atoms with E-state index in [2.05, 4.69) is 19.2 Å². The predicted molar refractivity (Wildman–Crippen MR) is 384 cm³/mol. The molecule has 2 unspecified atom stereocenters. The summed E-state index contributed by atoms with van der Waals surface area (Å²) in [6, 6.07) is -0.621. The number of rotatable bonds is 77. The van der Waals surface area contributed by atoms with Crippen LogP contribution in [0.1, 0.15) is 470 Å². The summed E-state index contributed by atoms with van der Waals surface area (Å²) in [7, 11) is 0. The summed E-state index contributed by atoms with van der Waals surface area (Å²) in [5.41, 5.74) is 0. The number of hydrogen-bond acceptors (Lipinski definition) is 5. The minimum atomic E-state index is -0.838. The van der Waals surface area contributed by atoms with E-state index < -0.39 is 12.1 Å². The monoisotopic (exact) mass is 1230 g/mol. The van der Waals surface area contributed by atoms with Crippen LogP contribution in [0.2, 0.25) is 0 Å². The van der Waals surface area contributed by atoms with Gasteiger partial charge in [0.25, 0.3) is 0 Å². The molecule has 2 atom stereocenters. The van der Waals surface area contributed by atoms with Crippen LogP contribution in [0.15, 0.2) is 12.2 Å². The Labute approximate surface area is 546 Å². The first-order valence-electron chi connectivity index (χ1n) is 40.5. The Bertz CT molecular complexity index is 1320. The summed E-state index contributed by atoms with van der Waals surface area (Å²) in [4.78, 5) is 24.6. The number of carbonyl (C=O) groups is 2. The van der Waals surface area contributed by atoms with Gasteiger partial charge >= 0.3 is 5.97 Å². The molecule has 0 rings (SSSR count). The number of allylic oxidation sites excluding steroid dienone is 1. The van der Waals surface area contributed by atoms with Crippen LogP contribution < -0.4 is 5.32 Å². The van der Waals surface area contributed by atoms with Gasteiger partial charge in [-0.05, 0) is 32.1 Å². The van der Waals surface area contributed by atoms with Gasteiger partial charge in [-0.3, -0.25) is 9.59 Å². The summed E-state index contributed by atoms with van der Waals surface area (Å²) in [5, 5.41) is 23.1. The first-order valence-corrected chi connectivity index (χ1v) is 40.5. The van der Waals surface area contributed by atoms with Crippen LogP contribution in [-0.2, 0) is 14.3 Å². The number of unbranched alkanes of at least 4 members (excludes halogenated alkanes) is 66. The van der Waals surface area contributed by atoms with Gasteiger partial charge in [0.2, 0.25) is 5.91 Å². The van der Waals surface area contributed by atoms with Gasteiger partial charge in [-0.25, -0.2) is 0 Å². The van der Waals surface area contributed by atoms with Crippen LogP contribution >= 0.6 is 0 Å². The summed E-state index contributed by atoms with van der Waals surface area (Å²) in [6.07, 6.45) is 98.0. The Morgan fingerprint density at radius 3 is 0.782 bits per heavy atom. The molecule has 0 bridgehead atoms. The van der Waals surface area contributed by atoms with Gasteiger partial charge in [-0.15, -0.1) is 0 Å². The van der Waals surface area contributed by atoms with E-state index in [9.17, 15) is 19.8 Å². The van der Waals surface area contributed by atoms with Gasteiger partial charge in [0.1, 0.15) is 0 Å². The average molecular weight is 1230 g/mol. The fourth-order valence-corrected chi connectivity index (χ4v) is 13.2. The zero-order valence-corrected chi connectivity index (χ0v) is 59.5. The largest absolute Gasteiger partial charge is 0.466 e. The standard InChI is InChI=1S/C81H159NO5/c1-3-5-7-9-11-13-15-17-18-19-41-45-48-51-55-59-63-67-71-75-81(86)87-76-72-68-64-60-56-52-49-46-43-40-38-36-34-32-30-28-26-24-22-20-21-23-25-27-29-31-33-35-37-39-42-44-47-50-54-58-62-66-70-74-80(85)82-78(77-83)79(84)73-69-65-61-57-53-16-14-12-10-8-6-4-2/h69,73,78-79,83-84H,3-68,70-72,74-77H2,1-2H3,(H,82,85)/b73-69+. The van der Waals surface area contributed by atoms with Crippen LogP contribution in [0, 0.1) is 0 Å². The minimum absolute atomic E-state index is 0.0299. The van der Waals surface area contributed by atoms with Crippen molar-refractivity contribution in [3.05, 3.63) is 12.2 Å². The van der Waals surface area contributed by atoms with Crippen LogP contribution in [0.4, 0.5) is 0 Å². The number of ether oxygens (including phenoxy) is 1. The van der Waals surface area contributed by atoms with E-state index in [0.29, 0.717) is 19.4 Å². The molecule has 0 aliphatic carbocycles. The fourth-order valence-electron chi connectivity index (χ4n) is 13.2. The molecule has 518 valence electrons. The van der Waals surface area contributed by atoms with Crippen LogP contribution in [-0.4, -0.2) is 47.4 Å². The van der Waals surface area contributed by atoms with Crippen molar-refractivity contribution < 1.29 is 24.5 Å². The van der Waals surface area contributed by atoms with Gasteiger partial charge in [0, 0.05) is 12.8 Å². The molecule has 0 saturated carbocycles. The van der Waals surface area contributed by atoms with Gasteiger partial charge in [-0.2, -0.15) is 0 Å². The molecule has 1 amide bonds. The lowest BCUT2D eigenvalue weighted by molar-refractivity contribution is -0.143. The average Bonchev–Trinajstić information content (AvgIpc) is 3.53. The number of amides is 1. The van der Waals surface area contributed by atoms with Gasteiger partial charge in [0.15, 0.2) is 0 Å². The Morgan fingerprint density at radius 1 is 0.310 bits per heavy atom. The Hall–Kier alpha value is -1.40. The van der Waals surface area contributed by atoms with Crippen molar-refractivity contribution >= 4 is 11.9 Å². The molecule has 0 aliphatic heterocycles. The summed E-state index contributed by atoms with van der Waals surface area (Å²) in [6.45, 7) is 4.95. The highest BCUT2D eigenvalue weighted by Crippen LogP contribution is 2.21. The third-order valence-electron chi connectivity index (χ3n) is 19.3. The van der Waals surface area contributed by atoms with Crippen molar-refractivity contribution in [1.82, 2.24) is 5.32 Å². The number of aliphatic hydroxyl groups excluding tert-OH is 2. The lowest BCUT2D eigenvalue weighted by atomic mass is 10.0. The normalized spacial score (nSPS) is 12.5. The Kier molecular flexibility index (Phi) is 75.8. The van der Waals surface area contributed by atoms with Crippen LogP contribution in [0.5, 0.6) is 0 Å². The first kappa shape index (κ1) is 85.6. The summed E-state index contributed by atoms with van der Waals surface area (Å²) >= 11 is 0. The van der Waals surface area contributed by atoms with Crippen LogP contribution in [0.25, 0.3) is 0 Å². The topological polar surface area (TPSA) is 95.9 Å². The number of nitrogens with one attached hydrogen (secondary N) is 1. The van der Waals surface area contributed by atoms with Crippen molar-refractivity contribution in [2.24, 2.45) is 0 Å². The number of carbonyl (C=O) groups excluding carboxylic acids is 2. The third kappa shape index (κ3) is 73.5. The molecule has 6 nitrogen and oxygen atoms in total. The quantitative estimate of drug-likeness (QED) is 0.0320. The van der Waals surface area contributed by atoms with E-state index in [0.717, 1.165) is 38.5 Å². The third-order valence-corrected chi connectivity index (χ3v) is 19.3. The molecule has 0 spiro atoms. The molecule has 3 N–H and O–H groups in total. The maximum Gasteiger partial charge on any atom is 0.305 e. The molecule has 0 saturated heterocycles. The molecule has 0 aromatic heterocycles. The minimum Gasteiger partial charge on any atom is -0.466 e. The molecule has 87 heavy (non-hydrogen) atoms. The zero-order chi connectivity index (χ0) is 62.8. The second-order valence-corrected chi connectivity index (χ2v) is 28.1. The summed E-state index contributed by atoms with van der Waals surface area (Å²) in [5.74, 6) is -0.0300. The second-order valence-electron chi connectivity index (χ2n) is 28.1. The summed E-state index contributed by atoms with van der Waals surface area (Å²) < 4.78 is 5.53. The van der Waals surface area contributed by atoms with E-state index >= 15 is 0 Å². The molecule has 0 fully saturated rings. The number of aliphatic hydroxyl groups is 2. The Morgan fingerprint density at radius 2 is 0.529 bits per heavy atom. The second kappa shape index (κ2) is 77.1. The van der Waals surface area contributed by atoms with Crippen LogP contribution in [0.3, 0.4) is 0 Å². The fraction of sp³-hybridized carbons (Fsp3) is 0.951. The first-order chi connectivity index (χ1) is 43.0. The molecule has 0 heterocycles. The molecular formula is C81H159NO5. The van der Waals surface area contributed by atoms with E-state index in [1.165, 1.54) is 405 Å². The van der Waals surface area contributed by atoms with Gasteiger partial charge < -0.3 is 20.3 Å². The highest BCUT2D eigenvalue weighted by molar-refractivity contribution is 5.76. The van der Waals surface area contributed by atoms with E-state index in [1.807, 2.05) is 6.08 Å². The van der Waals surface area contributed by atoms with E-state index in [4.69, 9.17) is 4.74 Å². The van der Waals surface area contributed by atoms with Crippen molar-refractivity contribution in [3.8, 4) is 0 Å². The van der Waals surface area contributed by atoms with Crippen molar-refractivity contribution in [2.75, 3.05) is 13.2 Å². The molecule has 0 aromatic carbocycles. The maximum absolute atomic E-state index is 12.5. The van der Waals surface area contributed by atoms with Gasteiger partial charge in [-0.1, -0.05) is 437 Å². The molecule has 0 radical (unpaired) electrons. The maximum atomic E-state index is 12.5. The van der Waals surface area contributed by atoms with Crippen molar-refractivity contribution in [1.29, 1.82) is 0 Å². The highest BCUT2D eigenvalue weighted by Gasteiger charge is 2.18. The molecular weight excluding hydrogens is 1070 g/mol. The van der Waals surface area contributed by atoms with E-state index in [1.54, 1.807) is 6.08 Å². The lowest BCUT2D eigenvalue weighted by Gasteiger charge is -2.20.